The van der Waals surface area contributed by atoms with Crippen molar-refractivity contribution in [3.05, 3.63) is 60.4 Å². The lowest BCUT2D eigenvalue weighted by molar-refractivity contribution is 0.102. The summed E-state index contributed by atoms with van der Waals surface area (Å²) in [4.78, 5) is 32.4. The number of ether oxygens (including phenoxy) is 1. The van der Waals surface area contributed by atoms with E-state index in [2.05, 4.69) is 44.0 Å². The molecule has 3 aromatic rings. The summed E-state index contributed by atoms with van der Waals surface area (Å²) in [5.41, 5.74) is 2.49. The Bertz CT molecular complexity index is 1200. The van der Waals surface area contributed by atoms with Crippen LogP contribution in [0.15, 0.2) is 49.1 Å². The molecule has 2 aliphatic heterocycles. The minimum atomic E-state index is -0.390. The van der Waals surface area contributed by atoms with E-state index in [9.17, 15) is 4.79 Å². The number of anilines is 3. The first-order valence-corrected chi connectivity index (χ1v) is 12.1. The summed E-state index contributed by atoms with van der Waals surface area (Å²) in [6.07, 6.45) is 6.38. The molecule has 2 aliphatic rings. The molecule has 188 valence electrons. The van der Waals surface area contributed by atoms with Crippen molar-refractivity contribution >= 4 is 23.2 Å². The molecule has 9 nitrogen and oxygen atoms in total. The van der Waals surface area contributed by atoms with E-state index in [1.807, 2.05) is 4.90 Å². The lowest BCUT2D eigenvalue weighted by Crippen LogP contribution is -2.50. The van der Waals surface area contributed by atoms with Gasteiger partial charge in [-0.25, -0.2) is 14.4 Å². The van der Waals surface area contributed by atoms with Gasteiger partial charge in [0.15, 0.2) is 0 Å². The minimum Gasteiger partial charge on any atom is -0.378 e. The van der Waals surface area contributed by atoms with Crippen LogP contribution in [-0.4, -0.2) is 84.8 Å². The van der Waals surface area contributed by atoms with Gasteiger partial charge in [0.2, 0.25) is 5.95 Å². The molecule has 10 heteroatoms. The highest BCUT2D eigenvalue weighted by molar-refractivity contribution is 6.06. The molecule has 1 N–H and O–H groups in total. The molecule has 0 bridgehead atoms. The van der Waals surface area contributed by atoms with Crippen LogP contribution in [0.25, 0.3) is 11.1 Å². The van der Waals surface area contributed by atoms with Crippen LogP contribution in [0.2, 0.25) is 0 Å². The molecule has 1 atom stereocenters. The topological polar surface area (TPSA) is 86.7 Å². The fraction of sp³-hybridized carbons (Fsp3) is 0.385. The zero-order valence-corrected chi connectivity index (χ0v) is 20.5. The van der Waals surface area contributed by atoms with E-state index in [-0.39, 0.29) is 5.91 Å². The molecule has 0 aliphatic carbocycles. The zero-order valence-electron chi connectivity index (χ0n) is 20.5. The fourth-order valence-electron chi connectivity index (χ4n) is 4.49. The van der Waals surface area contributed by atoms with Crippen molar-refractivity contribution < 1.29 is 13.9 Å². The summed E-state index contributed by atoms with van der Waals surface area (Å²) in [6.45, 7) is 7.13. The van der Waals surface area contributed by atoms with Gasteiger partial charge in [-0.3, -0.25) is 9.78 Å². The van der Waals surface area contributed by atoms with Crippen molar-refractivity contribution in [2.24, 2.45) is 0 Å². The number of hydrogen-bond donors (Lipinski definition) is 1. The average molecular weight is 492 g/mol. The highest BCUT2D eigenvalue weighted by Crippen LogP contribution is 2.35. The van der Waals surface area contributed by atoms with E-state index in [0.29, 0.717) is 53.3 Å². The quantitative estimate of drug-likeness (QED) is 0.583. The predicted molar refractivity (Wildman–Crippen MR) is 137 cm³/mol. The van der Waals surface area contributed by atoms with Gasteiger partial charge >= 0.3 is 0 Å². The Morgan fingerprint density at radius 2 is 1.86 bits per heavy atom. The molecule has 1 amide bonds. The number of likely N-dealkylation sites (N-methyl/N-ethyl adjacent to an activating group) is 1. The summed E-state index contributed by atoms with van der Waals surface area (Å²) in [5.74, 6) is -0.0997. The molecule has 4 heterocycles. The monoisotopic (exact) mass is 491 g/mol. The van der Waals surface area contributed by atoms with Crippen LogP contribution in [0, 0.1) is 5.82 Å². The smallest absolute Gasteiger partial charge is 0.257 e. The molecule has 2 aromatic heterocycles. The number of piperazine rings is 1. The lowest BCUT2D eigenvalue weighted by atomic mass is 10.0. The number of hydrogen-bond acceptors (Lipinski definition) is 8. The van der Waals surface area contributed by atoms with Gasteiger partial charge in [-0.05, 0) is 38.2 Å². The van der Waals surface area contributed by atoms with Gasteiger partial charge in [0.05, 0.1) is 30.2 Å². The van der Waals surface area contributed by atoms with E-state index in [1.165, 1.54) is 12.3 Å². The third kappa shape index (κ3) is 5.14. The first-order valence-electron chi connectivity index (χ1n) is 12.1. The maximum Gasteiger partial charge on any atom is 0.257 e. The van der Waals surface area contributed by atoms with Gasteiger partial charge in [-0.2, -0.15) is 0 Å². The lowest BCUT2D eigenvalue weighted by Gasteiger charge is -2.39. The highest BCUT2D eigenvalue weighted by atomic mass is 19.1. The Morgan fingerprint density at radius 3 is 2.56 bits per heavy atom. The number of pyridine rings is 1. The molecule has 2 fully saturated rings. The Labute approximate surface area is 209 Å². The fourth-order valence-corrected chi connectivity index (χ4v) is 4.49. The van der Waals surface area contributed by atoms with E-state index in [1.54, 1.807) is 36.8 Å². The summed E-state index contributed by atoms with van der Waals surface area (Å²) in [7, 11) is 2.08. The molecule has 36 heavy (non-hydrogen) atoms. The maximum absolute atomic E-state index is 15.5. The predicted octanol–water partition coefficient (Wildman–Crippen LogP) is 2.91. The summed E-state index contributed by atoms with van der Waals surface area (Å²) < 4.78 is 20.9. The van der Waals surface area contributed by atoms with Gasteiger partial charge < -0.3 is 24.8 Å². The van der Waals surface area contributed by atoms with Crippen molar-refractivity contribution in [2.45, 2.75) is 13.0 Å². The molecular formula is C26H30FN7O2. The number of carbonyl (C=O) groups excluding carboxylic acids is 1. The van der Waals surface area contributed by atoms with Gasteiger partial charge in [0, 0.05) is 74.7 Å². The third-order valence-corrected chi connectivity index (χ3v) is 6.80. The number of halogens is 1. The van der Waals surface area contributed by atoms with E-state index in [4.69, 9.17) is 4.74 Å². The van der Waals surface area contributed by atoms with Crippen LogP contribution in [-0.2, 0) is 4.74 Å². The largest absolute Gasteiger partial charge is 0.378 e. The second-order valence-electron chi connectivity index (χ2n) is 9.19. The molecule has 5 rings (SSSR count). The normalized spacial score (nSPS) is 18.8. The number of carbonyl (C=O) groups is 1. The first kappa shape index (κ1) is 24.1. The first-order chi connectivity index (χ1) is 17.5. The van der Waals surface area contributed by atoms with Crippen LogP contribution in [0.1, 0.15) is 17.3 Å². The molecule has 1 aromatic carbocycles. The van der Waals surface area contributed by atoms with Crippen LogP contribution in [0.5, 0.6) is 0 Å². The second-order valence-corrected chi connectivity index (χ2v) is 9.19. The Hall–Kier alpha value is -3.63. The summed E-state index contributed by atoms with van der Waals surface area (Å²) in [6, 6.07) is 6.88. The molecule has 0 spiro atoms. The van der Waals surface area contributed by atoms with Crippen molar-refractivity contribution in [3.8, 4) is 11.1 Å². The van der Waals surface area contributed by atoms with Crippen LogP contribution >= 0.6 is 0 Å². The zero-order chi connectivity index (χ0) is 25.1. The third-order valence-electron chi connectivity index (χ3n) is 6.80. The van der Waals surface area contributed by atoms with Crippen molar-refractivity contribution in [1.29, 1.82) is 0 Å². The molecule has 0 radical (unpaired) electrons. The van der Waals surface area contributed by atoms with Gasteiger partial charge in [0.25, 0.3) is 5.91 Å². The number of rotatable bonds is 5. The maximum atomic E-state index is 15.5. The molecule has 0 saturated carbocycles. The Kier molecular flexibility index (Phi) is 7.06. The second kappa shape index (κ2) is 10.5. The van der Waals surface area contributed by atoms with Crippen molar-refractivity contribution in [1.82, 2.24) is 19.9 Å². The van der Waals surface area contributed by atoms with E-state index in [0.717, 1.165) is 32.7 Å². The standard InChI is InChI=1S/C26H30FN7O2/c1-18-17-34(7-6-32(18)2)24-13-22(27)21(12-23(24)31-25(35)19-4-3-5-28-14-19)20-15-29-26(30-16-20)33-8-10-36-11-9-33/h3-5,12-16,18H,6-11,17H2,1-2H3,(H,31,35)/t18-/m1/s1. The average Bonchev–Trinajstić information content (AvgIpc) is 2.92. The van der Waals surface area contributed by atoms with Crippen LogP contribution in [0.4, 0.5) is 21.7 Å². The SMILES string of the molecule is C[C@@H]1CN(c2cc(F)c(-c3cnc(N4CCOCC4)nc3)cc2NC(=O)c2cccnc2)CCN1C. The van der Waals surface area contributed by atoms with E-state index >= 15 is 4.39 Å². The summed E-state index contributed by atoms with van der Waals surface area (Å²) >= 11 is 0. The number of nitrogens with zero attached hydrogens (tertiary/aromatic N) is 6. The van der Waals surface area contributed by atoms with E-state index < -0.39 is 5.82 Å². The summed E-state index contributed by atoms with van der Waals surface area (Å²) in [5, 5.41) is 2.99. The number of morpholine rings is 1. The Balaban J connectivity index is 1.48. The number of nitrogens with one attached hydrogen (secondary N) is 1. The Morgan fingerprint density at radius 1 is 1.08 bits per heavy atom. The molecular weight excluding hydrogens is 461 g/mol. The number of benzene rings is 1. The minimum absolute atomic E-state index is 0.296. The van der Waals surface area contributed by atoms with Crippen molar-refractivity contribution in [3.63, 3.8) is 0 Å². The van der Waals surface area contributed by atoms with Crippen LogP contribution < -0.4 is 15.1 Å². The van der Waals surface area contributed by atoms with Gasteiger partial charge in [-0.15, -0.1) is 0 Å². The molecule has 0 unspecified atom stereocenters. The number of amides is 1. The van der Waals surface area contributed by atoms with Gasteiger partial charge in [0.1, 0.15) is 5.82 Å². The van der Waals surface area contributed by atoms with Crippen molar-refractivity contribution in [2.75, 3.05) is 68.1 Å². The van der Waals surface area contributed by atoms with Gasteiger partial charge in [-0.1, -0.05) is 0 Å². The van der Waals surface area contributed by atoms with Crippen LogP contribution in [0.3, 0.4) is 0 Å². The highest BCUT2D eigenvalue weighted by Gasteiger charge is 2.25. The number of aromatic nitrogens is 3. The molecule has 2 saturated heterocycles.